The number of amides is 1. The highest BCUT2D eigenvalue weighted by Gasteiger charge is 2.12. The second kappa shape index (κ2) is 6.02. The van der Waals surface area contributed by atoms with E-state index >= 15 is 0 Å². The summed E-state index contributed by atoms with van der Waals surface area (Å²) in [6, 6.07) is 6.24. The highest BCUT2D eigenvalue weighted by Crippen LogP contribution is 2.22. The molecule has 0 bridgehead atoms. The summed E-state index contributed by atoms with van der Waals surface area (Å²) >= 11 is 11.7. The summed E-state index contributed by atoms with van der Waals surface area (Å²) in [5, 5.41) is 12.5. The van der Waals surface area contributed by atoms with Gasteiger partial charge in [0.2, 0.25) is 0 Å². The molecule has 0 spiro atoms. The molecule has 0 unspecified atom stereocenters. The Labute approximate surface area is 120 Å². The van der Waals surface area contributed by atoms with Crippen LogP contribution in [0.2, 0.25) is 10.0 Å². The largest absolute Gasteiger partial charge is 0.392 e. The minimum atomic E-state index is -0.385. The van der Waals surface area contributed by atoms with Gasteiger partial charge in [-0.25, -0.2) is 0 Å². The fourth-order valence-electron chi connectivity index (χ4n) is 1.54. The molecule has 0 atom stereocenters. The predicted octanol–water partition coefficient (Wildman–Crippen LogP) is 3.13. The molecule has 2 rings (SSSR count). The van der Waals surface area contributed by atoms with Gasteiger partial charge in [0.05, 0.1) is 29.1 Å². The van der Waals surface area contributed by atoms with Crippen molar-refractivity contribution >= 4 is 34.8 Å². The van der Waals surface area contributed by atoms with Gasteiger partial charge in [-0.1, -0.05) is 23.2 Å². The molecule has 6 heteroatoms. The van der Waals surface area contributed by atoms with Gasteiger partial charge in [0.1, 0.15) is 0 Å². The van der Waals surface area contributed by atoms with E-state index in [2.05, 4.69) is 10.3 Å². The minimum absolute atomic E-state index is 0.188. The molecule has 4 nitrogen and oxygen atoms in total. The molecule has 1 heterocycles. The zero-order chi connectivity index (χ0) is 13.8. The number of anilines is 1. The van der Waals surface area contributed by atoms with E-state index in [4.69, 9.17) is 23.2 Å². The summed E-state index contributed by atoms with van der Waals surface area (Å²) in [5.41, 5.74) is 1.33. The number of carbonyl (C=O) groups excluding carboxylic acids is 1. The molecule has 0 saturated carbocycles. The lowest BCUT2D eigenvalue weighted by molar-refractivity contribution is 0.102. The number of aliphatic hydroxyl groups excluding tert-OH is 1. The molecule has 0 fully saturated rings. The molecule has 0 aliphatic carbocycles. The Hall–Kier alpha value is -1.62. The first-order valence-corrected chi connectivity index (χ1v) is 6.17. The van der Waals surface area contributed by atoms with E-state index in [1.807, 2.05) is 0 Å². The summed E-state index contributed by atoms with van der Waals surface area (Å²) < 4.78 is 0. The predicted molar refractivity (Wildman–Crippen MR) is 74.6 cm³/mol. The van der Waals surface area contributed by atoms with Crippen molar-refractivity contribution in [3.05, 3.63) is 57.8 Å². The van der Waals surface area contributed by atoms with Crippen LogP contribution in [0.15, 0.2) is 36.7 Å². The van der Waals surface area contributed by atoms with Crippen LogP contribution in [-0.4, -0.2) is 16.0 Å². The third kappa shape index (κ3) is 3.23. The van der Waals surface area contributed by atoms with E-state index in [9.17, 15) is 9.90 Å². The third-order valence-corrected chi connectivity index (χ3v) is 3.05. The zero-order valence-electron chi connectivity index (χ0n) is 9.73. The van der Waals surface area contributed by atoms with Crippen molar-refractivity contribution in [3.63, 3.8) is 0 Å². The maximum atomic E-state index is 12.1. The highest BCUT2D eigenvalue weighted by molar-refractivity contribution is 6.37. The molecule has 1 aromatic carbocycles. The molecule has 0 aliphatic rings. The number of nitrogens with zero attached hydrogens (tertiary/aromatic N) is 1. The number of aromatic nitrogens is 1. The van der Waals surface area contributed by atoms with Crippen LogP contribution in [0.1, 0.15) is 15.9 Å². The Kier molecular flexibility index (Phi) is 4.37. The van der Waals surface area contributed by atoms with Crippen molar-refractivity contribution in [1.82, 2.24) is 4.98 Å². The van der Waals surface area contributed by atoms with Crippen LogP contribution in [-0.2, 0) is 6.61 Å². The molecule has 98 valence electrons. The lowest BCUT2D eigenvalue weighted by atomic mass is 10.2. The van der Waals surface area contributed by atoms with E-state index in [1.165, 1.54) is 24.5 Å². The molecule has 19 heavy (non-hydrogen) atoms. The molecular formula is C13H10Cl2N2O2. The van der Waals surface area contributed by atoms with Crippen LogP contribution in [0.5, 0.6) is 0 Å². The zero-order valence-corrected chi connectivity index (χ0v) is 11.2. The molecule has 2 N–H and O–H groups in total. The number of halogens is 2. The van der Waals surface area contributed by atoms with Crippen molar-refractivity contribution in [2.24, 2.45) is 0 Å². The van der Waals surface area contributed by atoms with Crippen molar-refractivity contribution in [2.75, 3.05) is 5.32 Å². The van der Waals surface area contributed by atoms with Crippen LogP contribution >= 0.6 is 23.2 Å². The van der Waals surface area contributed by atoms with Crippen LogP contribution in [0.3, 0.4) is 0 Å². The SMILES string of the molecule is O=C(Nc1cnccc1CO)c1ccc(Cl)cc1Cl. The van der Waals surface area contributed by atoms with E-state index in [1.54, 1.807) is 12.1 Å². The summed E-state index contributed by atoms with van der Waals surface area (Å²) in [5.74, 6) is -0.385. The van der Waals surface area contributed by atoms with E-state index < -0.39 is 0 Å². The van der Waals surface area contributed by atoms with Gasteiger partial charge in [-0.05, 0) is 24.3 Å². The lowest BCUT2D eigenvalue weighted by Gasteiger charge is -2.09. The fourth-order valence-corrected chi connectivity index (χ4v) is 2.03. The Bertz CT molecular complexity index is 617. The quantitative estimate of drug-likeness (QED) is 0.915. The Morgan fingerprint density at radius 2 is 2.11 bits per heavy atom. The van der Waals surface area contributed by atoms with Gasteiger partial charge in [0, 0.05) is 16.8 Å². The van der Waals surface area contributed by atoms with E-state index in [0.29, 0.717) is 21.8 Å². The summed E-state index contributed by atoms with van der Waals surface area (Å²) in [7, 11) is 0. The molecule has 0 aliphatic heterocycles. The van der Waals surface area contributed by atoms with Crippen LogP contribution < -0.4 is 5.32 Å². The Morgan fingerprint density at radius 1 is 1.32 bits per heavy atom. The maximum absolute atomic E-state index is 12.1. The second-order valence-corrected chi connectivity index (χ2v) is 4.61. The molecular weight excluding hydrogens is 287 g/mol. The highest BCUT2D eigenvalue weighted by atomic mass is 35.5. The maximum Gasteiger partial charge on any atom is 0.257 e. The minimum Gasteiger partial charge on any atom is -0.392 e. The van der Waals surface area contributed by atoms with E-state index in [0.717, 1.165) is 0 Å². The monoisotopic (exact) mass is 296 g/mol. The molecule has 2 aromatic rings. The van der Waals surface area contributed by atoms with Crippen LogP contribution in [0.25, 0.3) is 0 Å². The smallest absolute Gasteiger partial charge is 0.257 e. The van der Waals surface area contributed by atoms with Gasteiger partial charge in [0.25, 0.3) is 5.91 Å². The number of hydrogen-bond donors (Lipinski definition) is 2. The number of carbonyl (C=O) groups is 1. The molecule has 1 amide bonds. The first kappa shape index (κ1) is 13.8. The molecule has 0 saturated heterocycles. The molecule has 0 radical (unpaired) electrons. The van der Waals surface area contributed by atoms with E-state index in [-0.39, 0.29) is 17.5 Å². The summed E-state index contributed by atoms with van der Waals surface area (Å²) in [6.07, 6.45) is 3.00. The van der Waals surface area contributed by atoms with Gasteiger partial charge in [-0.15, -0.1) is 0 Å². The number of hydrogen-bond acceptors (Lipinski definition) is 3. The molecule has 1 aromatic heterocycles. The van der Waals surface area contributed by atoms with Crippen molar-refractivity contribution < 1.29 is 9.90 Å². The Morgan fingerprint density at radius 3 is 2.79 bits per heavy atom. The Balaban J connectivity index is 2.26. The van der Waals surface area contributed by atoms with Gasteiger partial charge in [-0.2, -0.15) is 0 Å². The average molecular weight is 297 g/mol. The van der Waals surface area contributed by atoms with Crippen molar-refractivity contribution in [1.29, 1.82) is 0 Å². The standard InChI is InChI=1S/C13H10Cl2N2O2/c14-9-1-2-10(11(15)5-9)13(19)17-12-6-16-4-3-8(12)7-18/h1-6,18H,7H2,(H,17,19). The first-order chi connectivity index (χ1) is 9.11. The average Bonchev–Trinajstić information content (AvgIpc) is 2.39. The summed E-state index contributed by atoms with van der Waals surface area (Å²) in [4.78, 5) is 16.0. The fraction of sp³-hybridized carbons (Fsp3) is 0.0769. The summed E-state index contributed by atoms with van der Waals surface area (Å²) in [6.45, 7) is -0.188. The lowest BCUT2D eigenvalue weighted by Crippen LogP contribution is -2.14. The number of rotatable bonds is 3. The first-order valence-electron chi connectivity index (χ1n) is 5.42. The van der Waals surface area contributed by atoms with Crippen LogP contribution in [0.4, 0.5) is 5.69 Å². The van der Waals surface area contributed by atoms with Gasteiger partial charge in [-0.3, -0.25) is 9.78 Å². The topological polar surface area (TPSA) is 62.2 Å². The van der Waals surface area contributed by atoms with Crippen molar-refractivity contribution in [2.45, 2.75) is 6.61 Å². The van der Waals surface area contributed by atoms with Gasteiger partial charge >= 0.3 is 0 Å². The van der Waals surface area contributed by atoms with Gasteiger partial charge < -0.3 is 10.4 Å². The second-order valence-electron chi connectivity index (χ2n) is 3.77. The normalized spacial score (nSPS) is 10.3. The number of benzene rings is 1. The number of nitrogens with one attached hydrogen (secondary N) is 1. The number of pyridine rings is 1. The van der Waals surface area contributed by atoms with Crippen LogP contribution in [0, 0.1) is 0 Å². The third-order valence-electron chi connectivity index (χ3n) is 2.51. The van der Waals surface area contributed by atoms with Crippen molar-refractivity contribution in [3.8, 4) is 0 Å². The number of aliphatic hydroxyl groups is 1. The van der Waals surface area contributed by atoms with Gasteiger partial charge in [0.15, 0.2) is 0 Å².